The second-order valence-electron chi connectivity index (χ2n) is 11.7. The highest BCUT2D eigenvalue weighted by atomic mass is 32.1. The van der Waals surface area contributed by atoms with E-state index in [4.69, 9.17) is 9.84 Å². The number of aromatic nitrogens is 2. The number of nitrogens with zero attached hydrogens (tertiary/aromatic N) is 6. The van der Waals surface area contributed by atoms with Crippen molar-refractivity contribution in [2.45, 2.75) is 37.8 Å². The molecule has 2 fully saturated rings. The summed E-state index contributed by atoms with van der Waals surface area (Å²) < 4.78 is 7.55. The van der Waals surface area contributed by atoms with Gasteiger partial charge in [-0.05, 0) is 76.0 Å². The Balaban J connectivity index is 1.19. The molecule has 0 bridgehead atoms. The summed E-state index contributed by atoms with van der Waals surface area (Å²) in [5.74, 6) is 1.01. The molecule has 0 saturated carbocycles. The fourth-order valence-corrected chi connectivity index (χ4v) is 7.67. The number of carbonyl (C=O) groups excluding carboxylic acids is 1. The van der Waals surface area contributed by atoms with Gasteiger partial charge in [0.2, 0.25) is 0 Å². The maximum Gasteiger partial charge on any atom is 0.274 e. The second-order valence-corrected chi connectivity index (χ2v) is 12.7. The van der Waals surface area contributed by atoms with E-state index < -0.39 is 0 Å². The van der Waals surface area contributed by atoms with E-state index in [1.807, 2.05) is 16.2 Å². The van der Waals surface area contributed by atoms with Crippen LogP contribution in [0.4, 0.5) is 0 Å². The Hall–Kier alpha value is -2.72. The number of fused-ring (bicyclic) bond motifs is 3. The summed E-state index contributed by atoms with van der Waals surface area (Å²) in [4.78, 5) is 24.3. The molecular formula is C31H42N6O2S. The van der Waals surface area contributed by atoms with Crippen molar-refractivity contribution in [3.63, 3.8) is 0 Å². The van der Waals surface area contributed by atoms with Crippen LogP contribution in [0, 0.1) is 0 Å². The third-order valence-corrected chi connectivity index (χ3v) is 10.4. The Kier molecular flexibility index (Phi) is 7.74. The van der Waals surface area contributed by atoms with Gasteiger partial charge in [0.25, 0.3) is 5.91 Å². The van der Waals surface area contributed by atoms with Gasteiger partial charge in [0.05, 0.1) is 19.3 Å². The van der Waals surface area contributed by atoms with E-state index in [1.165, 1.54) is 21.7 Å². The van der Waals surface area contributed by atoms with Gasteiger partial charge in [-0.3, -0.25) is 14.4 Å². The average Bonchev–Trinajstić information content (AvgIpc) is 3.61. The number of likely N-dealkylation sites (tertiary alicyclic amines) is 1. The molecule has 0 spiro atoms. The summed E-state index contributed by atoms with van der Waals surface area (Å²) in [6.45, 7) is 7.18. The lowest BCUT2D eigenvalue weighted by Crippen LogP contribution is -2.50. The molecule has 40 heavy (non-hydrogen) atoms. The van der Waals surface area contributed by atoms with Crippen molar-refractivity contribution in [1.82, 2.24) is 29.4 Å². The van der Waals surface area contributed by atoms with Crippen LogP contribution in [0.25, 0.3) is 11.3 Å². The molecule has 0 radical (unpaired) electrons. The van der Waals surface area contributed by atoms with Crippen LogP contribution in [0.3, 0.4) is 0 Å². The van der Waals surface area contributed by atoms with Crippen molar-refractivity contribution < 1.29 is 9.53 Å². The minimum Gasteiger partial charge on any atom is -0.497 e. The first-order valence-corrected chi connectivity index (χ1v) is 15.5. The first-order valence-electron chi connectivity index (χ1n) is 14.6. The maximum absolute atomic E-state index is 13.7. The smallest absolute Gasteiger partial charge is 0.274 e. The molecule has 4 heterocycles. The molecule has 9 heteroatoms. The van der Waals surface area contributed by atoms with E-state index in [-0.39, 0.29) is 11.4 Å². The molecule has 2 saturated heterocycles. The fraction of sp³-hybridized carbons (Fsp3) is 0.548. The highest BCUT2D eigenvalue weighted by Gasteiger charge is 2.38. The molecule has 0 unspecified atom stereocenters. The van der Waals surface area contributed by atoms with E-state index in [0.717, 1.165) is 89.4 Å². The van der Waals surface area contributed by atoms with E-state index in [9.17, 15) is 4.79 Å². The van der Waals surface area contributed by atoms with Crippen molar-refractivity contribution in [2.75, 3.05) is 74.1 Å². The van der Waals surface area contributed by atoms with Crippen LogP contribution in [0.5, 0.6) is 5.75 Å². The molecule has 0 atom stereocenters. The van der Waals surface area contributed by atoms with Gasteiger partial charge >= 0.3 is 0 Å². The van der Waals surface area contributed by atoms with E-state index >= 15 is 0 Å². The molecule has 3 aliphatic rings. The first kappa shape index (κ1) is 27.4. The summed E-state index contributed by atoms with van der Waals surface area (Å²) in [5.41, 5.74) is 5.68. The lowest BCUT2D eigenvalue weighted by atomic mass is 9.79. The van der Waals surface area contributed by atoms with Gasteiger partial charge < -0.3 is 19.4 Å². The minimum absolute atomic E-state index is 0.0291. The van der Waals surface area contributed by atoms with Gasteiger partial charge in [-0.2, -0.15) is 5.10 Å². The lowest BCUT2D eigenvalue weighted by molar-refractivity contribution is 0.0520. The van der Waals surface area contributed by atoms with Crippen LogP contribution >= 0.6 is 11.3 Å². The standard InChI is InChI=1S/C31H42N6O2S/c1-33(2)31(23-5-7-24(39-4)8-6-23)12-14-35(15-13-31)18-21-37-29-25-11-22-40-27(25)10-9-26(29)28(32-37)30(38)36-19-16-34(3)17-20-36/h5-8,11,22H,9-10,12-21H2,1-4H3. The van der Waals surface area contributed by atoms with Crippen molar-refractivity contribution in [3.05, 3.63) is 57.4 Å². The van der Waals surface area contributed by atoms with E-state index in [1.54, 1.807) is 7.11 Å². The number of piperidine rings is 1. The number of hydrogen-bond donors (Lipinski definition) is 0. The van der Waals surface area contributed by atoms with Gasteiger partial charge in [0.1, 0.15) is 5.75 Å². The zero-order chi connectivity index (χ0) is 27.9. The van der Waals surface area contributed by atoms with Crippen molar-refractivity contribution in [2.24, 2.45) is 0 Å². The number of ether oxygens (including phenoxy) is 1. The van der Waals surface area contributed by atoms with Crippen molar-refractivity contribution in [1.29, 1.82) is 0 Å². The van der Waals surface area contributed by atoms with Crippen LogP contribution in [-0.2, 0) is 24.9 Å². The predicted molar refractivity (Wildman–Crippen MR) is 160 cm³/mol. The van der Waals surface area contributed by atoms with Crippen molar-refractivity contribution >= 4 is 17.2 Å². The molecule has 2 aromatic heterocycles. The van der Waals surface area contributed by atoms with Crippen LogP contribution < -0.4 is 4.74 Å². The number of benzene rings is 1. The number of piperazine rings is 1. The maximum atomic E-state index is 13.7. The number of aryl methyl sites for hydroxylation is 1. The number of hydrogen-bond acceptors (Lipinski definition) is 7. The lowest BCUT2D eigenvalue weighted by Gasteiger charge is -2.46. The molecule has 8 nitrogen and oxygen atoms in total. The Labute approximate surface area is 242 Å². The summed E-state index contributed by atoms with van der Waals surface area (Å²) in [6, 6.07) is 10.8. The average molecular weight is 563 g/mol. The van der Waals surface area contributed by atoms with Crippen LogP contribution in [0.2, 0.25) is 0 Å². The van der Waals surface area contributed by atoms with E-state index in [0.29, 0.717) is 5.69 Å². The normalized spacial score (nSPS) is 19.5. The molecule has 214 valence electrons. The summed E-state index contributed by atoms with van der Waals surface area (Å²) in [5, 5.41) is 7.22. The molecule has 1 aliphatic carbocycles. The second kappa shape index (κ2) is 11.3. The number of amides is 1. The molecule has 6 rings (SSSR count). The molecule has 0 N–H and O–H groups in total. The quantitative estimate of drug-likeness (QED) is 0.438. The van der Waals surface area contributed by atoms with Gasteiger partial charge in [0.15, 0.2) is 5.69 Å². The Bertz CT molecular complexity index is 1330. The van der Waals surface area contributed by atoms with Gasteiger partial charge in [-0.15, -0.1) is 11.3 Å². The molecule has 1 amide bonds. The van der Waals surface area contributed by atoms with Gasteiger partial charge in [0, 0.05) is 67.4 Å². The topological polar surface area (TPSA) is 57.1 Å². The summed E-state index contributed by atoms with van der Waals surface area (Å²) >= 11 is 1.83. The zero-order valence-corrected chi connectivity index (χ0v) is 25.2. The Morgan fingerprint density at radius 2 is 1.73 bits per heavy atom. The highest BCUT2D eigenvalue weighted by Crippen LogP contribution is 2.40. The molecule has 1 aromatic carbocycles. The number of methoxy groups -OCH3 is 1. The summed E-state index contributed by atoms with van der Waals surface area (Å²) in [6.07, 6.45) is 4.05. The van der Waals surface area contributed by atoms with Gasteiger partial charge in [-0.25, -0.2) is 0 Å². The molecule has 3 aromatic rings. The largest absolute Gasteiger partial charge is 0.497 e. The summed E-state index contributed by atoms with van der Waals surface area (Å²) in [7, 11) is 8.24. The number of rotatable bonds is 7. The zero-order valence-electron chi connectivity index (χ0n) is 24.4. The number of thiophene rings is 1. The molecule has 2 aliphatic heterocycles. The monoisotopic (exact) mass is 562 g/mol. The number of likely N-dealkylation sites (N-methyl/N-ethyl adjacent to an activating group) is 1. The third kappa shape index (κ3) is 4.98. The van der Waals surface area contributed by atoms with Gasteiger partial charge in [-0.1, -0.05) is 12.1 Å². The van der Waals surface area contributed by atoms with E-state index in [2.05, 4.69) is 76.2 Å². The first-order chi connectivity index (χ1) is 19.4. The fourth-order valence-electron chi connectivity index (χ4n) is 6.79. The van der Waals surface area contributed by atoms with Crippen LogP contribution in [0.1, 0.15) is 39.3 Å². The minimum atomic E-state index is 0.0291. The Morgan fingerprint density at radius 1 is 1.00 bits per heavy atom. The highest BCUT2D eigenvalue weighted by molar-refractivity contribution is 7.10. The third-order valence-electron chi connectivity index (χ3n) is 9.44. The predicted octanol–water partition coefficient (Wildman–Crippen LogP) is 3.66. The SMILES string of the molecule is COc1ccc(C2(N(C)C)CCN(CCn3nc(C(=O)N4CCN(C)CC4)c4c3-c3ccsc3CC4)CC2)cc1. The molecular weight excluding hydrogens is 520 g/mol. The van der Waals surface area contributed by atoms with Crippen molar-refractivity contribution in [3.8, 4) is 17.0 Å². The van der Waals surface area contributed by atoms with Crippen LogP contribution in [0.15, 0.2) is 35.7 Å². The number of carbonyl (C=O) groups is 1. The Morgan fingerprint density at radius 3 is 2.40 bits per heavy atom. The van der Waals surface area contributed by atoms with Crippen LogP contribution in [-0.4, -0.2) is 109 Å².